The maximum atomic E-state index is 13.1. The molecule has 1 amide bonds. The lowest BCUT2D eigenvalue weighted by Crippen LogP contribution is -2.29. The Morgan fingerprint density at radius 3 is 2.54 bits per heavy atom. The predicted molar refractivity (Wildman–Crippen MR) is 145 cm³/mol. The van der Waals surface area contributed by atoms with E-state index in [0.29, 0.717) is 42.7 Å². The molecule has 0 aliphatic carbocycles. The SMILES string of the molecule is CCC(C)c1ccc(OCCOc2ccc(/C=C(\C#N)C(=O)N3CCc4ccccc43)cc2OC)cc1. The summed E-state index contributed by atoms with van der Waals surface area (Å²) in [5.41, 5.74) is 4.03. The molecule has 3 aromatic carbocycles. The smallest absolute Gasteiger partial charge is 0.268 e. The normalized spacial score (nSPS) is 13.5. The maximum Gasteiger partial charge on any atom is 0.268 e. The molecule has 6 heteroatoms. The molecular weight excluding hydrogens is 464 g/mol. The van der Waals surface area contributed by atoms with Crippen molar-refractivity contribution >= 4 is 17.7 Å². The number of rotatable bonds is 10. The second-order valence-electron chi connectivity index (χ2n) is 8.99. The summed E-state index contributed by atoms with van der Waals surface area (Å²) in [5.74, 6) is 2.11. The minimum atomic E-state index is -0.305. The van der Waals surface area contributed by atoms with Crippen molar-refractivity contribution in [3.05, 3.63) is 89.0 Å². The number of carbonyl (C=O) groups is 1. The molecule has 0 saturated carbocycles. The molecule has 1 unspecified atom stereocenters. The van der Waals surface area contributed by atoms with E-state index in [1.54, 1.807) is 36.3 Å². The molecule has 0 fully saturated rings. The van der Waals surface area contributed by atoms with Crippen LogP contribution < -0.4 is 19.1 Å². The van der Waals surface area contributed by atoms with Crippen LogP contribution in [-0.4, -0.2) is 32.8 Å². The fraction of sp³-hybridized carbons (Fsp3) is 0.290. The van der Waals surface area contributed by atoms with Gasteiger partial charge in [-0.05, 0) is 71.9 Å². The van der Waals surface area contributed by atoms with E-state index in [-0.39, 0.29) is 11.5 Å². The van der Waals surface area contributed by atoms with Crippen LogP contribution in [0.5, 0.6) is 17.2 Å². The van der Waals surface area contributed by atoms with Crippen LogP contribution in [0.4, 0.5) is 5.69 Å². The third-order valence-electron chi connectivity index (χ3n) is 6.65. The summed E-state index contributed by atoms with van der Waals surface area (Å²) in [5, 5.41) is 9.70. The Labute approximate surface area is 218 Å². The van der Waals surface area contributed by atoms with Crippen molar-refractivity contribution in [2.45, 2.75) is 32.6 Å². The average Bonchev–Trinajstić information content (AvgIpc) is 3.38. The van der Waals surface area contributed by atoms with Crippen molar-refractivity contribution in [1.82, 2.24) is 0 Å². The summed E-state index contributed by atoms with van der Waals surface area (Å²) in [6, 6.07) is 23.3. The summed E-state index contributed by atoms with van der Waals surface area (Å²) >= 11 is 0. The second kappa shape index (κ2) is 12.1. The fourth-order valence-electron chi connectivity index (χ4n) is 4.34. The Morgan fingerprint density at radius 2 is 1.81 bits per heavy atom. The first kappa shape index (κ1) is 25.8. The lowest BCUT2D eigenvalue weighted by molar-refractivity contribution is -0.114. The van der Waals surface area contributed by atoms with Gasteiger partial charge < -0.3 is 19.1 Å². The highest BCUT2D eigenvalue weighted by molar-refractivity contribution is 6.12. The van der Waals surface area contributed by atoms with E-state index in [0.717, 1.165) is 29.8 Å². The number of carbonyl (C=O) groups excluding carboxylic acids is 1. The van der Waals surface area contributed by atoms with E-state index in [1.165, 1.54) is 5.56 Å². The number of fused-ring (bicyclic) bond motifs is 1. The van der Waals surface area contributed by atoms with Gasteiger partial charge in [-0.3, -0.25) is 4.79 Å². The van der Waals surface area contributed by atoms with Crippen molar-refractivity contribution in [2.75, 3.05) is 31.8 Å². The van der Waals surface area contributed by atoms with Crippen LogP contribution in [0.2, 0.25) is 0 Å². The monoisotopic (exact) mass is 496 g/mol. The van der Waals surface area contributed by atoms with Gasteiger partial charge in [-0.15, -0.1) is 0 Å². The third kappa shape index (κ3) is 6.13. The number of hydrogen-bond donors (Lipinski definition) is 0. The summed E-state index contributed by atoms with van der Waals surface area (Å²) in [4.78, 5) is 14.8. The number of amides is 1. The van der Waals surface area contributed by atoms with Gasteiger partial charge >= 0.3 is 0 Å². The summed E-state index contributed by atoms with van der Waals surface area (Å²) in [7, 11) is 1.56. The van der Waals surface area contributed by atoms with E-state index in [9.17, 15) is 10.1 Å². The first-order chi connectivity index (χ1) is 18.0. The van der Waals surface area contributed by atoms with Crippen molar-refractivity contribution in [1.29, 1.82) is 5.26 Å². The number of benzene rings is 3. The van der Waals surface area contributed by atoms with Gasteiger partial charge in [0, 0.05) is 12.2 Å². The number of ether oxygens (including phenoxy) is 3. The highest BCUT2D eigenvalue weighted by Crippen LogP contribution is 2.31. The Bertz CT molecular complexity index is 1310. The van der Waals surface area contributed by atoms with Crippen molar-refractivity contribution in [2.24, 2.45) is 0 Å². The van der Waals surface area contributed by atoms with Gasteiger partial charge in [0.2, 0.25) is 0 Å². The molecule has 0 radical (unpaired) electrons. The van der Waals surface area contributed by atoms with Crippen LogP contribution in [0.25, 0.3) is 6.08 Å². The molecule has 190 valence electrons. The van der Waals surface area contributed by atoms with Gasteiger partial charge in [-0.25, -0.2) is 0 Å². The van der Waals surface area contributed by atoms with Crippen LogP contribution >= 0.6 is 0 Å². The number of hydrogen-bond acceptors (Lipinski definition) is 5. The number of para-hydroxylation sites is 1. The zero-order valence-electron chi connectivity index (χ0n) is 21.6. The average molecular weight is 497 g/mol. The molecule has 0 saturated heterocycles. The number of nitriles is 1. The molecule has 1 atom stereocenters. The maximum absolute atomic E-state index is 13.1. The third-order valence-corrected chi connectivity index (χ3v) is 6.65. The molecule has 1 aliphatic rings. The Morgan fingerprint density at radius 1 is 1.05 bits per heavy atom. The van der Waals surface area contributed by atoms with Crippen LogP contribution in [0, 0.1) is 11.3 Å². The predicted octanol–water partition coefficient (Wildman–Crippen LogP) is 6.16. The Hall–Kier alpha value is -4.24. The van der Waals surface area contributed by atoms with Gasteiger partial charge in [-0.1, -0.05) is 50.2 Å². The number of nitrogens with zero attached hydrogens (tertiary/aromatic N) is 2. The van der Waals surface area contributed by atoms with Gasteiger partial charge in [0.25, 0.3) is 5.91 Å². The van der Waals surface area contributed by atoms with Gasteiger partial charge in [-0.2, -0.15) is 5.26 Å². The topological polar surface area (TPSA) is 71.8 Å². The molecule has 0 aromatic heterocycles. The standard InChI is InChI=1S/C31H32N2O4/c1-4-22(2)24-10-12-27(13-11-24)36-17-18-37-29-14-9-23(20-30(29)35-3)19-26(21-32)31(34)33-16-15-25-7-5-6-8-28(25)33/h5-14,19-20,22H,4,15-18H2,1-3H3/b26-19+. The molecule has 0 bridgehead atoms. The summed E-state index contributed by atoms with van der Waals surface area (Å²) < 4.78 is 17.2. The molecule has 1 heterocycles. The molecule has 37 heavy (non-hydrogen) atoms. The first-order valence-electron chi connectivity index (χ1n) is 12.6. The van der Waals surface area contributed by atoms with E-state index >= 15 is 0 Å². The molecule has 6 nitrogen and oxygen atoms in total. The van der Waals surface area contributed by atoms with E-state index in [4.69, 9.17) is 14.2 Å². The zero-order valence-corrected chi connectivity index (χ0v) is 21.6. The highest BCUT2D eigenvalue weighted by atomic mass is 16.5. The lowest BCUT2D eigenvalue weighted by Gasteiger charge is -2.16. The summed E-state index contributed by atoms with van der Waals surface area (Å²) in [6.45, 7) is 5.69. The van der Waals surface area contributed by atoms with Gasteiger partial charge in [0.05, 0.1) is 7.11 Å². The molecule has 0 spiro atoms. The van der Waals surface area contributed by atoms with E-state index < -0.39 is 0 Å². The lowest BCUT2D eigenvalue weighted by atomic mass is 9.99. The molecule has 0 N–H and O–H groups in total. The van der Waals surface area contributed by atoms with Crippen molar-refractivity contribution < 1.29 is 19.0 Å². The number of methoxy groups -OCH3 is 1. The molecular formula is C31H32N2O4. The highest BCUT2D eigenvalue weighted by Gasteiger charge is 2.26. The Kier molecular flexibility index (Phi) is 8.48. The van der Waals surface area contributed by atoms with Crippen LogP contribution in [0.3, 0.4) is 0 Å². The molecule has 4 rings (SSSR count). The fourth-order valence-corrected chi connectivity index (χ4v) is 4.34. The summed E-state index contributed by atoms with van der Waals surface area (Å²) in [6.07, 6.45) is 3.47. The van der Waals surface area contributed by atoms with E-state index in [2.05, 4.69) is 32.0 Å². The first-order valence-corrected chi connectivity index (χ1v) is 12.6. The largest absolute Gasteiger partial charge is 0.493 e. The number of anilines is 1. The van der Waals surface area contributed by atoms with E-state index in [1.807, 2.05) is 36.4 Å². The van der Waals surface area contributed by atoms with Crippen molar-refractivity contribution in [3.8, 4) is 23.3 Å². The second-order valence-corrected chi connectivity index (χ2v) is 8.99. The van der Waals surface area contributed by atoms with Crippen molar-refractivity contribution in [3.63, 3.8) is 0 Å². The minimum absolute atomic E-state index is 0.0696. The minimum Gasteiger partial charge on any atom is -0.493 e. The Balaban J connectivity index is 1.37. The molecule has 1 aliphatic heterocycles. The molecule has 3 aromatic rings. The van der Waals surface area contributed by atoms with Crippen LogP contribution in [0.15, 0.2) is 72.3 Å². The van der Waals surface area contributed by atoms with Crippen LogP contribution in [-0.2, 0) is 11.2 Å². The quantitative estimate of drug-likeness (QED) is 0.191. The van der Waals surface area contributed by atoms with Crippen LogP contribution in [0.1, 0.15) is 42.9 Å². The zero-order chi connectivity index (χ0) is 26.2. The van der Waals surface area contributed by atoms with Gasteiger partial charge in [0.1, 0.15) is 30.6 Å². The van der Waals surface area contributed by atoms with Gasteiger partial charge in [0.15, 0.2) is 11.5 Å².